The first kappa shape index (κ1) is 15.1. The van der Waals surface area contributed by atoms with Crippen LogP contribution in [0.15, 0.2) is 24.3 Å². The Balaban J connectivity index is 2.03. The molecule has 1 aromatic rings. The van der Waals surface area contributed by atoms with Crippen LogP contribution in [0.3, 0.4) is 0 Å². The van der Waals surface area contributed by atoms with E-state index in [-0.39, 0.29) is 5.54 Å². The highest BCUT2D eigenvalue weighted by molar-refractivity contribution is 5.70. The molecule has 0 atom stereocenters. The molecule has 1 aliphatic rings. The van der Waals surface area contributed by atoms with Crippen molar-refractivity contribution in [2.75, 3.05) is 13.2 Å². The predicted octanol–water partition coefficient (Wildman–Crippen LogP) is 4.19. The molecule has 0 saturated carbocycles. The molecule has 0 unspecified atom stereocenters. The fourth-order valence-corrected chi connectivity index (χ4v) is 2.55. The van der Waals surface area contributed by atoms with Gasteiger partial charge in [-0.1, -0.05) is 24.3 Å². The summed E-state index contributed by atoms with van der Waals surface area (Å²) in [7, 11) is 0. The van der Waals surface area contributed by atoms with Gasteiger partial charge in [0, 0.05) is 11.1 Å². The van der Waals surface area contributed by atoms with Crippen LogP contribution in [0.1, 0.15) is 51.7 Å². The second kappa shape index (κ2) is 6.45. The molecule has 0 fully saturated rings. The van der Waals surface area contributed by atoms with Crippen LogP contribution in [-0.2, 0) is 6.42 Å². The zero-order valence-electron chi connectivity index (χ0n) is 13.3. The van der Waals surface area contributed by atoms with E-state index in [2.05, 4.69) is 57.3 Å². The second-order valence-corrected chi connectivity index (χ2v) is 6.60. The lowest BCUT2D eigenvalue weighted by Crippen LogP contribution is -2.36. The summed E-state index contributed by atoms with van der Waals surface area (Å²) in [6.45, 7) is 10.6. The number of nitrogens with one attached hydrogen (secondary N) is 1. The molecule has 0 spiro atoms. The average Bonchev–Trinajstić information content (AvgIpc) is 2.41. The van der Waals surface area contributed by atoms with Crippen molar-refractivity contribution in [1.29, 1.82) is 0 Å². The van der Waals surface area contributed by atoms with E-state index >= 15 is 0 Å². The van der Waals surface area contributed by atoms with Crippen molar-refractivity contribution in [2.45, 2.75) is 52.5 Å². The van der Waals surface area contributed by atoms with Gasteiger partial charge in [0.1, 0.15) is 5.75 Å². The quantitative estimate of drug-likeness (QED) is 0.830. The normalized spacial score (nSPS) is 15.7. The van der Waals surface area contributed by atoms with Crippen molar-refractivity contribution >= 4 is 5.57 Å². The van der Waals surface area contributed by atoms with Crippen LogP contribution in [0.4, 0.5) is 0 Å². The maximum Gasteiger partial charge on any atom is 0.129 e. The summed E-state index contributed by atoms with van der Waals surface area (Å²) in [6, 6.07) is 6.51. The Kier molecular flexibility index (Phi) is 4.87. The van der Waals surface area contributed by atoms with Crippen LogP contribution in [0.5, 0.6) is 5.75 Å². The summed E-state index contributed by atoms with van der Waals surface area (Å²) < 4.78 is 5.88. The molecule has 1 aromatic carbocycles. The van der Waals surface area contributed by atoms with Gasteiger partial charge in [-0.2, -0.15) is 0 Å². The maximum absolute atomic E-state index is 5.88. The molecule has 0 aromatic heterocycles. The van der Waals surface area contributed by atoms with Gasteiger partial charge in [0.25, 0.3) is 0 Å². The van der Waals surface area contributed by atoms with Gasteiger partial charge in [-0.05, 0) is 64.6 Å². The molecule has 20 heavy (non-hydrogen) atoms. The van der Waals surface area contributed by atoms with Gasteiger partial charge in [-0.25, -0.2) is 0 Å². The van der Waals surface area contributed by atoms with Gasteiger partial charge >= 0.3 is 0 Å². The van der Waals surface area contributed by atoms with Crippen LogP contribution in [0.2, 0.25) is 0 Å². The molecule has 2 heteroatoms. The molecular formula is C18H27NO. The lowest BCUT2D eigenvalue weighted by atomic mass is 9.98. The van der Waals surface area contributed by atoms with E-state index in [0.717, 1.165) is 38.2 Å². The first-order valence-corrected chi connectivity index (χ1v) is 7.64. The standard InChI is InChI=1S/C18H27NO/c1-14(8-6-12-19-18(2,3)4)16-11-5-9-15-10-7-13-20-17(15)16/h5,8-9,11,19H,6-7,10,12-13H2,1-4H3/b14-8-. The molecule has 0 radical (unpaired) electrons. The molecule has 1 N–H and O–H groups in total. The smallest absolute Gasteiger partial charge is 0.129 e. The van der Waals surface area contributed by atoms with E-state index in [1.165, 1.54) is 16.7 Å². The van der Waals surface area contributed by atoms with E-state index < -0.39 is 0 Å². The summed E-state index contributed by atoms with van der Waals surface area (Å²) in [5.74, 6) is 1.11. The zero-order chi connectivity index (χ0) is 14.6. The molecule has 110 valence electrons. The molecule has 2 rings (SSSR count). The lowest BCUT2D eigenvalue weighted by Gasteiger charge is -2.21. The monoisotopic (exact) mass is 273 g/mol. The Morgan fingerprint density at radius 3 is 2.90 bits per heavy atom. The number of benzene rings is 1. The summed E-state index contributed by atoms with van der Waals surface area (Å²) >= 11 is 0. The van der Waals surface area contributed by atoms with E-state index in [1.807, 2.05) is 0 Å². The molecule has 1 heterocycles. The summed E-state index contributed by atoms with van der Waals surface area (Å²) in [5, 5.41) is 3.52. The van der Waals surface area contributed by atoms with Crippen molar-refractivity contribution < 1.29 is 4.74 Å². The van der Waals surface area contributed by atoms with Gasteiger partial charge in [0.15, 0.2) is 0 Å². The van der Waals surface area contributed by atoms with Crippen molar-refractivity contribution in [3.8, 4) is 5.75 Å². The highest BCUT2D eigenvalue weighted by Crippen LogP contribution is 2.33. The number of ether oxygens (including phenoxy) is 1. The Bertz CT molecular complexity index is 483. The van der Waals surface area contributed by atoms with E-state index in [4.69, 9.17) is 4.74 Å². The maximum atomic E-state index is 5.88. The van der Waals surface area contributed by atoms with E-state index in [9.17, 15) is 0 Å². The SMILES string of the molecule is C/C(=C/CCNC(C)(C)C)c1cccc2c1OCCC2. The van der Waals surface area contributed by atoms with Gasteiger partial charge in [0.2, 0.25) is 0 Å². The molecule has 0 saturated heterocycles. The third-order valence-corrected chi connectivity index (χ3v) is 3.61. The van der Waals surface area contributed by atoms with Gasteiger partial charge < -0.3 is 10.1 Å². The minimum absolute atomic E-state index is 0.191. The first-order valence-electron chi connectivity index (χ1n) is 7.64. The second-order valence-electron chi connectivity index (χ2n) is 6.60. The molecule has 0 aliphatic carbocycles. The lowest BCUT2D eigenvalue weighted by molar-refractivity contribution is 0.287. The van der Waals surface area contributed by atoms with Gasteiger partial charge in [-0.3, -0.25) is 0 Å². The third-order valence-electron chi connectivity index (χ3n) is 3.61. The van der Waals surface area contributed by atoms with E-state index in [0.29, 0.717) is 0 Å². The minimum atomic E-state index is 0.191. The number of hydrogen-bond acceptors (Lipinski definition) is 2. The highest BCUT2D eigenvalue weighted by atomic mass is 16.5. The largest absolute Gasteiger partial charge is 0.493 e. The minimum Gasteiger partial charge on any atom is -0.493 e. The fraction of sp³-hybridized carbons (Fsp3) is 0.556. The van der Waals surface area contributed by atoms with Crippen molar-refractivity contribution in [2.24, 2.45) is 0 Å². The molecule has 1 aliphatic heterocycles. The average molecular weight is 273 g/mol. The Hall–Kier alpha value is -1.28. The molecule has 0 bridgehead atoms. The van der Waals surface area contributed by atoms with Crippen LogP contribution >= 0.6 is 0 Å². The summed E-state index contributed by atoms with van der Waals surface area (Å²) in [5.41, 5.74) is 4.13. The topological polar surface area (TPSA) is 21.3 Å². The zero-order valence-corrected chi connectivity index (χ0v) is 13.3. The highest BCUT2D eigenvalue weighted by Gasteiger charge is 2.14. The third kappa shape index (κ3) is 4.11. The Labute approximate surface area is 123 Å². The van der Waals surface area contributed by atoms with Crippen LogP contribution < -0.4 is 10.1 Å². The number of allylic oxidation sites excluding steroid dienone is 1. The van der Waals surface area contributed by atoms with Gasteiger partial charge in [-0.15, -0.1) is 0 Å². The van der Waals surface area contributed by atoms with Crippen molar-refractivity contribution in [3.05, 3.63) is 35.4 Å². The molecular weight excluding hydrogens is 246 g/mol. The summed E-state index contributed by atoms with van der Waals surface area (Å²) in [6.07, 6.45) is 5.63. The first-order chi connectivity index (χ1) is 9.47. The van der Waals surface area contributed by atoms with Crippen molar-refractivity contribution in [1.82, 2.24) is 5.32 Å². The van der Waals surface area contributed by atoms with Crippen LogP contribution in [0.25, 0.3) is 5.57 Å². The van der Waals surface area contributed by atoms with E-state index in [1.54, 1.807) is 0 Å². The molecule has 2 nitrogen and oxygen atoms in total. The predicted molar refractivity (Wildman–Crippen MR) is 86.3 cm³/mol. The number of rotatable bonds is 4. The Morgan fingerprint density at radius 2 is 2.15 bits per heavy atom. The number of para-hydroxylation sites is 1. The number of hydrogen-bond donors (Lipinski definition) is 1. The van der Waals surface area contributed by atoms with Crippen LogP contribution in [-0.4, -0.2) is 18.7 Å². The number of fused-ring (bicyclic) bond motifs is 1. The van der Waals surface area contributed by atoms with Crippen LogP contribution in [0, 0.1) is 0 Å². The van der Waals surface area contributed by atoms with Crippen molar-refractivity contribution in [3.63, 3.8) is 0 Å². The molecule has 0 amide bonds. The summed E-state index contributed by atoms with van der Waals surface area (Å²) in [4.78, 5) is 0. The fourth-order valence-electron chi connectivity index (χ4n) is 2.55. The Morgan fingerprint density at radius 1 is 1.35 bits per heavy atom. The number of aryl methyl sites for hydroxylation is 1. The van der Waals surface area contributed by atoms with Gasteiger partial charge in [0.05, 0.1) is 6.61 Å².